The summed E-state index contributed by atoms with van der Waals surface area (Å²) >= 11 is 13.6. The number of methoxy groups -OCH3 is 1. The van der Waals surface area contributed by atoms with E-state index in [1.807, 2.05) is 6.26 Å². The number of amides is 1. The summed E-state index contributed by atoms with van der Waals surface area (Å²) in [7, 11) is 1.45. The van der Waals surface area contributed by atoms with Crippen LogP contribution in [0.5, 0.6) is 0 Å². The molecule has 0 aliphatic carbocycles. The summed E-state index contributed by atoms with van der Waals surface area (Å²) in [4.78, 5) is 26.5. The lowest BCUT2D eigenvalue weighted by Gasteiger charge is -2.24. The molecule has 23 heavy (non-hydrogen) atoms. The number of halogens is 2. The normalized spacial score (nSPS) is 20.8. The molecule has 126 valence electrons. The Morgan fingerprint density at radius 2 is 2.09 bits per heavy atom. The van der Waals surface area contributed by atoms with Crippen molar-refractivity contribution in [3.05, 3.63) is 27.7 Å². The first kappa shape index (κ1) is 18.4. The number of carboxylic acid groups (broad SMARTS) is 1. The second-order valence-electron chi connectivity index (χ2n) is 5.46. The van der Waals surface area contributed by atoms with Gasteiger partial charge in [0.2, 0.25) is 0 Å². The van der Waals surface area contributed by atoms with Crippen molar-refractivity contribution in [2.75, 3.05) is 33.1 Å². The van der Waals surface area contributed by atoms with Crippen molar-refractivity contribution in [3.8, 4) is 0 Å². The highest BCUT2D eigenvalue weighted by Crippen LogP contribution is 2.35. The van der Waals surface area contributed by atoms with Gasteiger partial charge in [-0.1, -0.05) is 23.2 Å². The summed E-state index contributed by atoms with van der Waals surface area (Å²) in [5.41, 5.74) is -0.731. The smallest absolute Gasteiger partial charge is 0.313 e. The first-order chi connectivity index (χ1) is 10.8. The molecular weight excluding hydrogens is 361 g/mol. The van der Waals surface area contributed by atoms with Crippen molar-refractivity contribution < 1.29 is 19.4 Å². The van der Waals surface area contributed by atoms with E-state index >= 15 is 0 Å². The van der Waals surface area contributed by atoms with Crippen LogP contribution in [0.15, 0.2) is 17.0 Å². The Balaban J connectivity index is 2.27. The number of hydrogen-bond donors (Lipinski definition) is 1. The van der Waals surface area contributed by atoms with E-state index in [4.69, 9.17) is 27.9 Å². The average molecular weight is 378 g/mol. The van der Waals surface area contributed by atoms with E-state index in [0.717, 1.165) is 4.90 Å². The van der Waals surface area contributed by atoms with Crippen LogP contribution in [-0.4, -0.2) is 54.9 Å². The van der Waals surface area contributed by atoms with Crippen molar-refractivity contribution >= 4 is 46.8 Å². The molecule has 1 aromatic carbocycles. The fourth-order valence-corrected chi connectivity index (χ4v) is 3.88. The Morgan fingerprint density at radius 3 is 2.65 bits per heavy atom. The van der Waals surface area contributed by atoms with Gasteiger partial charge in [0.15, 0.2) is 0 Å². The highest BCUT2D eigenvalue weighted by atomic mass is 35.5. The predicted molar refractivity (Wildman–Crippen MR) is 90.7 cm³/mol. The van der Waals surface area contributed by atoms with Crippen molar-refractivity contribution in [3.63, 3.8) is 0 Å². The molecule has 0 radical (unpaired) electrons. The monoisotopic (exact) mass is 377 g/mol. The Morgan fingerprint density at radius 1 is 1.39 bits per heavy atom. The molecule has 1 unspecified atom stereocenters. The number of carboxylic acids is 1. The number of carbonyl (C=O) groups is 2. The standard InChI is InChI=1S/C15H17Cl2NO4S/c1-22-8-15(14(20)21)3-4-18(7-15)13(19)9-5-12(23-2)11(17)6-10(9)16/h5-6H,3-4,7-8H2,1-2H3,(H,20,21). The highest BCUT2D eigenvalue weighted by molar-refractivity contribution is 7.98. The predicted octanol–water partition coefficient (Wildman–Crippen LogP) is 3.28. The van der Waals surface area contributed by atoms with Crippen LogP contribution in [0.2, 0.25) is 10.0 Å². The molecule has 0 spiro atoms. The summed E-state index contributed by atoms with van der Waals surface area (Å²) in [6.07, 6.45) is 2.20. The van der Waals surface area contributed by atoms with Gasteiger partial charge >= 0.3 is 5.97 Å². The Kier molecular flexibility index (Phi) is 5.84. The minimum atomic E-state index is -1.06. The van der Waals surface area contributed by atoms with Gasteiger partial charge in [-0.25, -0.2) is 0 Å². The van der Waals surface area contributed by atoms with Crippen molar-refractivity contribution in [2.45, 2.75) is 11.3 Å². The molecule has 1 N–H and O–H groups in total. The van der Waals surface area contributed by atoms with Gasteiger partial charge in [-0.3, -0.25) is 9.59 Å². The quantitative estimate of drug-likeness (QED) is 0.797. The van der Waals surface area contributed by atoms with Crippen LogP contribution in [0.4, 0.5) is 0 Å². The lowest BCUT2D eigenvalue weighted by Crippen LogP contribution is -2.40. The molecule has 1 heterocycles. The summed E-state index contributed by atoms with van der Waals surface area (Å²) in [6.45, 7) is 0.515. The van der Waals surface area contributed by atoms with Gasteiger partial charge in [0.1, 0.15) is 5.41 Å². The Hall–Kier alpha value is -0.950. The molecule has 1 saturated heterocycles. The minimum absolute atomic E-state index is 0.0660. The number of carbonyl (C=O) groups excluding carboxylic acids is 1. The first-order valence-electron chi connectivity index (χ1n) is 6.89. The Bertz CT molecular complexity index is 640. The largest absolute Gasteiger partial charge is 0.481 e. The number of likely N-dealkylation sites (tertiary alicyclic amines) is 1. The lowest BCUT2D eigenvalue weighted by molar-refractivity contribution is -0.151. The number of hydrogen-bond acceptors (Lipinski definition) is 4. The molecule has 1 atom stereocenters. The average Bonchev–Trinajstić information content (AvgIpc) is 2.93. The molecule has 0 bridgehead atoms. The maximum Gasteiger partial charge on any atom is 0.313 e. The van der Waals surface area contributed by atoms with E-state index in [9.17, 15) is 14.7 Å². The molecule has 2 rings (SSSR count). The van der Waals surface area contributed by atoms with Crippen LogP contribution in [0.1, 0.15) is 16.8 Å². The summed E-state index contributed by atoms with van der Waals surface area (Å²) in [5.74, 6) is -1.25. The maximum absolute atomic E-state index is 12.7. The van der Waals surface area contributed by atoms with Gasteiger partial charge in [0.25, 0.3) is 5.91 Å². The van der Waals surface area contributed by atoms with Gasteiger partial charge in [-0.15, -0.1) is 11.8 Å². The van der Waals surface area contributed by atoms with Crippen LogP contribution in [-0.2, 0) is 9.53 Å². The third-order valence-electron chi connectivity index (χ3n) is 3.99. The lowest BCUT2D eigenvalue weighted by atomic mass is 9.88. The van der Waals surface area contributed by atoms with E-state index in [1.54, 1.807) is 6.07 Å². The number of benzene rings is 1. The maximum atomic E-state index is 12.7. The molecule has 1 fully saturated rings. The second kappa shape index (κ2) is 7.30. The molecule has 0 aromatic heterocycles. The minimum Gasteiger partial charge on any atom is -0.481 e. The molecule has 1 aliphatic rings. The third kappa shape index (κ3) is 3.60. The topological polar surface area (TPSA) is 66.8 Å². The van der Waals surface area contributed by atoms with Gasteiger partial charge in [0, 0.05) is 25.1 Å². The second-order valence-corrected chi connectivity index (χ2v) is 7.12. The molecule has 5 nitrogen and oxygen atoms in total. The van der Waals surface area contributed by atoms with Gasteiger partial charge in [-0.05, 0) is 24.8 Å². The third-order valence-corrected chi connectivity index (χ3v) is 5.50. The fraction of sp³-hybridized carbons (Fsp3) is 0.467. The first-order valence-corrected chi connectivity index (χ1v) is 8.87. The summed E-state index contributed by atoms with van der Waals surface area (Å²) < 4.78 is 5.03. The number of aliphatic carboxylic acids is 1. The zero-order valence-corrected chi connectivity index (χ0v) is 15.1. The molecule has 8 heteroatoms. The summed E-state index contributed by atoms with van der Waals surface area (Å²) in [6, 6.07) is 3.19. The van der Waals surface area contributed by atoms with E-state index < -0.39 is 11.4 Å². The van der Waals surface area contributed by atoms with E-state index in [1.165, 1.54) is 29.8 Å². The Labute approximate surface area is 148 Å². The van der Waals surface area contributed by atoms with E-state index in [2.05, 4.69) is 0 Å². The number of rotatable bonds is 5. The number of nitrogens with zero attached hydrogens (tertiary/aromatic N) is 1. The number of thioether (sulfide) groups is 1. The SMILES string of the molecule is COCC1(C(=O)O)CCN(C(=O)c2cc(SC)c(Cl)cc2Cl)C1. The van der Waals surface area contributed by atoms with Crippen LogP contribution >= 0.6 is 35.0 Å². The van der Waals surface area contributed by atoms with Crippen molar-refractivity contribution in [1.29, 1.82) is 0 Å². The van der Waals surface area contributed by atoms with Crippen molar-refractivity contribution in [2.24, 2.45) is 5.41 Å². The zero-order valence-electron chi connectivity index (χ0n) is 12.8. The van der Waals surface area contributed by atoms with E-state index in [0.29, 0.717) is 23.6 Å². The van der Waals surface area contributed by atoms with E-state index in [-0.39, 0.29) is 24.1 Å². The molecule has 1 aromatic rings. The highest BCUT2D eigenvalue weighted by Gasteiger charge is 2.46. The van der Waals surface area contributed by atoms with Crippen molar-refractivity contribution in [1.82, 2.24) is 4.90 Å². The summed E-state index contributed by atoms with van der Waals surface area (Å²) in [5, 5.41) is 10.2. The number of ether oxygens (including phenoxy) is 1. The molecule has 1 aliphatic heterocycles. The molecule has 1 amide bonds. The van der Waals surface area contributed by atoms with Gasteiger partial charge in [0.05, 0.1) is 22.2 Å². The van der Waals surface area contributed by atoms with Crippen LogP contribution in [0.3, 0.4) is 0 Å². The van der Waals surface area contributed by atoms with Gasteiger partial charge in [-0.2, -0.15) is 0 Å². The fourth-order valence-electron chi connectivity index (χ4n) is 2.70. The zero-order chi connectivity index (χ0) is 17.2. The van der Waals surface area contributed by atoms with Crippen LogP contribution in [0.25, 0.3) is 0 Å². The molecule has 0 saturated carbocycles. The van der Waals surface area contributed by atoms with Crippen LogP contribution < -0.4 is 0 Å². The van der Waals surface area contributed by atoms with Gasteiger partial charge < -0.3 is 14.7 Å². The molecular formula is C15H17Cl2NO4S. The van der Waals surface area contributed by atoms with Crippen LogP contribution in [0, 0.1) is 5.41 Å².